The molecule has 1 aliphatic heterocycles. The van der Waals surface area contributed by atoms with Crippen molar-refractivity contribution in [1.82, 2.24) is 10.2 Å². The average molecular weight is 278 g/mol. The fourth-order valence-electron chi connectivity index (χ4n) is 2.72. The van der Waals surface area contributed by atoms with E-state index in [0.29, 0.717) is 18.4 Å². The van der Waals surface area contributed by atoms with Crippen molar-refractivity contribution < 1.29 is 4.79 Å². The smallest absolute Gasteiger partial charge is 0.223 e. The van der Waals surface area contributed by atoms with Crippen LogP contribution in [0.2, 0.25) is 0 Å². The predicted octanol–water partition coefficient (Wildman–Crippen LogP) is 2.97. The molecular formula is C15H22N2OS. The van der Waals surface area contributed by atoms with Crippen LogP contribution in [0, 0.1) is 0 Å². The molecule has 0 aliphatic carbocycles. The molecule has 104 valence electrons. The first-order chi connectivity index (χ1) is 9.24. The van der Waals surface area contributed by atoms with Gasteiger partial charge in [-0.1, -0.05) is 12.1 Å². The summed E-state index contributed by atoms with van der Waals surface area (Å²) in [6.07, 6.45) is 4.58. The second-order valence-corrected chi connectivity index (χ2v) is 5.95. The first-order valence-electron chi connectivity index (χ1n) is 6.90. The number of hydrogen-bond donors (Lipinski definition) is 1. The molecule has 3 nitrogen and oxygen atoms in total. The monoisotopic (exact) mass is 278 g/mol. The molecular weight excluding hydrogens is 256 g/mol. The number of carbonyl (C=O) groups is 1. The Morgan fingerprint density at radius 2 is 2.53 bits per heavy atom. The number of nitrogens with zero attached hydrogens (tertiary/aromatic N) is 1. The molecule has 1 aliphatic rings. The Labute approximate surface area is 119 Å². The average Bonchev–Trinajstić information content (AvgIpc) is 3.04. The number of rotatable bonds is 7. The Morgan fingerprint density at radius 1 is 1.68 bits per heavy atom. The zero-order valence-corrected chi connectivity index (χ0v) is 12.3. The van der Waals surface area contributed by atoms with Crippen LogP contribution < -0.4 is 5.32 Å². The Morgan fingerprint density at radius 3 is 3.21 bits per heavy atom. The Hall–Kier alpha value is -1.13. The number of amides is 1. The van der Waals surface area contributed by atoms with Crippen molar-refractivity contribution in [1.29, 1.82) is 0 Å². The Kier molecular flexibility index (Phi) is 5.16. The molecule has 1 N–H and O–H groups in total. The third kappa shape index (κ3) is 3.45. The van der Waals surface area contributed by atoms with Crippen LogP contribution in [-0.2, 0) is 4.79 Å². The number of carbonyl (C=O) groups excluding carboxylic acids is 1. The van der Waals surface area contributed by atoms with E-state index in [1.54, 1.807) is 11.3 Å². The van der Waals surface area contributed by atoms with E-state index in [1.807, 2.05) is 6.08 Å². The van der Waals surface area contributed by atoms with Crippen molar-refractivity contribution in [3.05, 3.63) is 35.0 Å². The van der Waals surface area contributed by atoms with Gasteiger partial charge in [-0.25, -0.2) is 0 Å². The predicted molar refractivity (Wildman–Crippen MR) is 80.3 cm³/mol. The van der Waals surface area contributed by atoms with Gasteiger partial charge in [0.2, 0.25) is 5.91 Å². The van der Waals surface area contributed by atoms with Crippen molar-refractivity contribution in [2.75, 3.05) is 13.1 Å². The summed E-state index contributed by atoms with van der Waals surface area (Å²) >= 11 is 1.73. The van der Waals surface area contributed by atoms with Crippen LogP contribution in [0.1, 0.15) is 37.1 Å². The molecule has 0 bridgehead atoms. The number of likely N-dealkylation sites (tertiary alicyclic amines) is 1. The molecule has 1 fully saturated rings. The molecule has 4 heteroatoms. The molecule has 1 aromatic heterocycles. The molecule has 0 spiro atoms. The van der Waals surface area contributed by atoms with Gasteiger partial charge in [-0.2, -0.15) is 0 Å². The molecule has 1 saturated heterocycles. The van der Waals surface area contributed by atoms with Gasteiger partial charge >= 0.3 is 0 Å². The van der Waals surface area contributed by atoms with Gasteiger partial charge in [0.1, 0.15) is 0 Å². The van der Waals surface area contributed by atoms with E-state index in [9.17, 15) is 4.79 Å². The number of hydrogen-bond acceptors (Lipinski definition) is 3. The van der Waals surface area contributed by atoms with E-state index in [1.165, 1.54) is 4.88 Å². The highest BCUT2D eigenvalue weighted by Gasteiger charge is 2.34. The van der Waals surface area contributed by atoms with Gasteiger partial charge in [0.05, 0.1) is 6.04 Å². The minimum Gasteiger partial charge on any atom is -0.332 e. The van der Waals surface area contributed by atoms with Crippen LogP contribution in [0.3, 0.4) is 0 Å². The molecule has 1 amide bonds. The molecule has 0 aromatic carbocycles. The van der Waals surface area contributed by atoms with E-state index in [4.69, 9.17) is 0 Å². The zero-order valence-electron chi connectivity index (χ0n) is 11.5. The summed E-state index contributed by atoms with van der Waals surface area (Å²) in [5.41, 5.74) is 0. The van der Waals surface area contributed by atoms with Gasteiger partial charge in [-0.05, 0) is 37.8 Å². The van der Waals surface area contributed by atoms with Gasteiger partial charge < -0.3 is 10.2 Å². The van der Waals surface area contributed by atoms with Gasteiger partial charge in [-0.3, -0.25) is 4.79 Å². The molecule has 0 saturated carbocycles. The lowest BCUT2D eigenvalue weighted by Gasteiger charge is -2.30. The largest absolute Gasteiger partial charge is 0.332 e. The highest BCUT2D eigenvalue weighted by Crippen LogP contribution is 2.33. The highest BCUT2D eigenvalue weighted by molar-refractivity contribution is 7.10. The Bertz CT molecular complexity index is 416. The highest BCUT2D eigenvalue weighted by atomic mass is 32.1. The Balaban J connectivity index is 1.95. The maximum Gasteiger partial charge on any atom is 0.223 e. The van der Waals surface area contributed by atoms with Crippen molar-refractivity contribution in [3.63, 3.8) is 0 Å². The van der Waals surface area contributed by atoms with E-state index < -0.39 is 0 Å². The summed E-state index contributed by atoms with van der Waals surface area (Å²) in [7, 11) is 0. The zero-order chi connectivity index (χ0) is 13.7. The molecule has 2 rings (SSSR count). The summed E-state index contributed by atoms with van der Waals surface area (Å²) in [6, 6.07) is 4.76. The lowest BCUT2D eigenvalue weighted by Crippen LogP contribution is -2.37. The molecule has 0 radical (unpaired) electrons. The SMILES string of the molecule is C=CCNCC[C@@H]1CCC(=O)N1[C@H](C)c1cccs1. The van der Waals surface area contributed by atoms with Crippen molar-refractivity contribution in [2.24, 2.45) is 0 Å². The normalized spacial score (nSPS) is 20.8. The fraction of sp³-hybridized carbons (Fsp3) is 0.533. The van der Waals surface area contributed by atoms with Crippen LogP contribution in [0.25, 0.3) is 0 Å². The van der Waals surface area contributed by atoms with Gasteiger partial charge in [0.15, 0.2) is 0 Å². The topological polar surface area (TPSA) is 32.3 Å². The summed E-state index contributed by atoms with van der Waals surface area (Å²) in [5.74, 6) is 0.301. The standard InChI is InChI=1S/C15H22N2OS/c1-3-9-16-10-8-13-6-7-15(18)17(13)12(2)14-5-4-11-19-14/h3-5,11-13,16H,1,6-10H2,2H3/t12-,13+/m1/s1. The van der Waals surface area contributed by atoms with Crippen molar-refractivity contribution in [2.45, 2.75) is 38.3 Å². The summed E-state index contributed by atoms with van der Waals surface area (Å²) in [5, 5.41) is 5.39. The molecule has 19 heavy (non-hydrogen) atoms. The first kappa shape index (κ1) is 14.3. The van der Waals surface area contributed by atoms with Crippen LogP contribution in [0.15, 0.2) is 30.2 Å². The van der Waals surface area contributed by atoms with Crippen LogP contribution >= 0.6 is 11.3 Å². The minimum absolute atomic E-state index is 0.208. The van der Waals surface area contributed by atoms with Crippen LogP contribution in [0.5, 0.6) is 0 Å². The lowest BCUT2D eigenvalue weighted by molar-refractivity contribution is -0.131. The summed E-state index contributed by atoms with van der Waals surface area (Å²) in [6.45, 7) is 7.61. The number of thiophene rings is 1. The molecule has 1 aromatic rings. The van der Waals surface area contributed by atoms with Crippen LogP contribution in [0.4, 0.5) is 0 Å². The maximum atomic E-state index is 12.1. The second kappa shape index (κ2) is 6.87. The van der Waals surface area contributed by atoms with Crippen molar-refractivity contribution >= 4 is 17.2 Å². The van der Waals surface area contributed by atoms with Gasteiger partial charge in [-0.15, -0.1) is 17.9 Å². The van der Waals surface area contributed by atoms with Gasteiger partial charge in [0.25, 0.3) is 0 Å². The molecule has 2 heterocycles. The third-order valence-electron chi connectivity index (χ3n) is 3.69. The van der Waals surface area contributed by atoms with Crippen molar-refractivity contribution in [3.8, 4) is 0 Å². The molecule has 0 unspecified atom stereocenters. The van der Waals surface area contributed by atoms with Crippen LogP contribution in [-0.4, -0.2) is 29.9 Å². The summed E-state index contributed by atoms with van der Waals surface area (Å²) in [4.78, 5) is 15.5. The minimum atomic E-state index is 0.208. The quantitative estimate of drug-likeness (QED) is 0.614. The summed E-state index contributed by atoms with van der Waals surface area (Å²) < 4.78 is 0. The third-order valence-corrected chi connectivity index (χ3v) is 4.73. The number of nitrogens with one attached hydrogen (secondary N) is 1. The maximum absolute atomic E-state index is 12.1. The van der Waals surface area contributed by atoms with E-state index in [0.717, 1.165) is 25.9 Å². The van der Waals surface area contributed by atoms with E-state index >= 15 is 0 Å². The molecule has 2 atom stereocenters. The second-order valence-electron chi connectivity index (χ2n) is 4.97. The van der Waals surface area contributed by atoms with E-state index in [2.05, 4.69) is 41.2 Å². The van der Waals surface area contributed by atoms with Gasteiger partial charge in [0, 0.05) is 23.9 Å². The first-order valence-corrected chi connectivity index (χ1v) is 7.78. The van der Waals surface area contributed by atoms with E-state index in [-0.39, 0.29) is 6.04 Å². The lowest BCUT2D eigenvalue weighted by atomic mass is 10.1. The fourth-order valence-corrected chi connectivity index (χ4v) is 3.50.